The standard InChI is InChI=1S/C13H16N2O4/c1-18-11-4-2-9(3-5-11)8-19-15-10-6-12(13(16)17)14-7-10/h2-5,12,14H,6-8H2,1H3,(H,16,17). The lowest BCUT2D eigenvalue weighted by Gasteiger charge is -2.03. The summed E-state index contributed by atoms with van der Waals surface area (Å²) in [5, 5.41) is 15.6. The van der Waals surface area contributed by atoms with Crippen LogP contribution in [0.15, 0.2) is 29.4 Å². The number of nitrogens with zero attached hydrogens (tertiary/aromatic N) is 1. The van der Waals surface area contributed by atoms with E-state index in [1.54, 1.807) is 7.11 Å². The highest BCUT2D eigenvalue weighted by molar-refractivity contribution is 5.94. The quantitative estimate of drug-likeness (QED) is 0.776. The third-order valence-corrected chi connectivity index (χ3v) is 2.87. The van der Waals surface area contributed by atoms with Crippen LogP contribution in [0.4, 0.5) is 0 Å². The Morgan fingerprint density at radius 1 is 1.47 bits per heavy atom. The summed E-state index contributed by atoms with van der Waals surface area (Å²) < 4.78 is 5.06. The molecule has 0 aliphatic carbocycles. The molecule has 6 heteroatoms. The number of aliphatic carboxylic acids is 1. The number of carbonyl (C=O) groups is 1. The third-order valence-electron chi connectivity index (χ3n) is 2.87. The minimum Gasteiger partial charge on any atom is -0.497 e. The second-order valence-corrected chi connectivity index (χ2v) is 4.25. The Balaban J connectivity index is 1.81. The molecule has 1 unspecified atom stereocenters. The first kappa shape index (κ1) is 13.4. The lowest BCUT2D eigenvalue weighted by Crippen LogP contribution is -2.29. The molecule has 2 N–H and O–H groups in total. The summed E-state index contributed by atoms with van der Waals surface area (Å²) in [5.74, 6) is -0.0697. The summed E-state index contributed by atoms with van der Waals surface area (Å²) >= 11 is 0. The van der Waals surface area contributed by atoms with Gasteiger partial charge < -0.3 is 14.7 Å². The molecule has 0 radical (unpaired) electrons. The molecule has 1 aromatic carbocycles. The molecular formula is C13H16N2O4. The van der Waals surface area contributed by atoms with Crippen LogP contribution in [0, 0.1) is 0 Å². The summed E-state index contributed by atoms with van der Waals surface area (Å²) in [4.78, 5) is 16.0. The van der Waals surface area contributed by atoms with Crippen molar-refractivity contribution in [2.45, 2.75) is 19.1 Å². The van der Waals surface area contributed by atoms with Crippen molar-refractivity contribution in [2.75, 3.05) is 13.7 Å². The number of hydrogen-bond acceptors (Lipinski definition) is 5. The van der Waals surface area contributed by atoms with Crippen molar-refractivity contribution in [3.8, 4) is 5.75 Å². The SMILES string of the molecule is COc1ccc(CON=C2CNC(C(=O)O)C2)cc1. The Morgan fingerprint density at radius 3 is 2.79 bits per heavy atom. The number of methoxy groups -OCH3 is 1. The lowest BCUT2D eigenvalue weighted by molar-refractivity contribution is -0.138. The number of carboxylic acids is 1. The van der Waals surface area contributed by atoms with Gasteiger partial charge >= 0.3 is 5.97 Å². The first-order valence-electron chi connectivity index (χ1n) is 5.96. The highest BCUT2D eigenvalue weighted by Gasteiger charge is 2.26. The Kier molecular flexibility index (Phi) is 4.35. The van der Waals surface area contributed by atoms with Crippen molar-refractivity contribution >= 4 is 11.7 Å². The van der Waals surface area contributed by atoms with E-state index in [0.717, 1.165) is 17.0 Å². The largest absolute Gasteiger partial charge is 0.497 e. The first-order chi connectivity index (χ1) is 9.19. The van der Waals surface area contributed by atoms with Crippen molar-refractivity contribution < 1.29 is 19.5 Å². The predicted molar refractivity (Wildman–Crippen MR) is 69.3 cm³/mol. The zero-order valence-electron chi connectivity index (χ0n) is 10.6. The number of carboxylic acid groups (broad SMARTS) is 1. The zero-order valence-corrected chi connectivity index (χ0v) is 10.6. The topological polar surface area (TPSA) is 80.2 Å². The Morgan fingerprint density at radius 2 is 2.21 bits per heavy atom. The maximum atomic E-state index is 10.7. The molecule has 19 heavy (non-hydrogen) atoms. The van der Waals surface area contributed by atoms with Crippen molar-refractivity contribution in [1.82, 2.24) is 5.32 Å². The fraction of sp³-hybridized carbons (Fsp3) is 0.385. The molecule has 0 bridgehead atoms. The van der Waals surface area contributed by atoms with Gasteiger partial charge in [-0.2, -0.15) is 0 Å². The summed E-state index contributed by atoms with van der Waals surface area (Å²) in [6, 6.07) is 6.94. The number of benzene rings is 1. The zero-order chi connectivity index (χ0) is 13.7. The number of oxime groups is 1. The van der Waals surface area contributed by atoms with Crippen LogP contribution in [0.5, 0.6) is 5.75 Å². The molecule has 1 saturated heterocycles. The molecular weight excluding hydrogens is 248 g/mol. The van der Waals surface area contributed by atoms with Crippen LogP contribution in [0.2, 0.25) is 0 Å². The molecule has 1 fully saturated rings. The number of hydrogen-bond donors (Lipinski definition) is 2. The lowest BCUT2D eigenvalue weighted by atomic mass is 10.2. The normalized spacial score (nSPS) is 20.5. The minimum atomic E-state index is -0.861. The second-order valence-electron chi connectivity index (χ2n) is 4.25. The van der Waals surface area contributed by atoms with E-state index in [0.29, 0.717) is 19.6 Å². The maximum absolute atomic E-state index is 10.7. The van der Waals surface area contributed by atoms with Gasteiger partial charge in [-0.05, 0) is 17.7 Å². The molecule has 1 aliphatic heterocycles. The van der Waals surface area contributed by atoms with Gasteiger partial charge in [-0.15, -0.1) is 0 Å². The van der Waals surface area contributed by atoms with Gasteiger partial charge in [0.25, 0.3) is 0 Å². The predicted octanol–water partition coefficient (Wildman–Crippen LogP) is 1.01. The Bertz CT molecular complexity index is 470. The summed E-state index contributed by atoms with van der Waals surface area (Å²) in [7, 11) is 1.61. The molecule has 1 aliphatic rings. The average Bonchev–Trinajstić information content (AvgIpc) is 2.89. The van der Waals surface area contributed by atoms with Crippen molar-refractivity contribution in [1.29, 1.82) is 0 Å². The van der Waals surface area contributed by atoms with Crippen LogP contribution in [0.25, 0.3) is 0 Å². The van der Waals surface area contributed by atoms with Crippen LogP contribution in [0.3, 0.4) is 0 Å². The summed E-state index contributed by atoms with van der Waals surface area (Å²) in [5.41, 5.74) is 1.70. The van der Waals surface area contributed by atoms with E-state index in [9.17, 15) is 4.79 Å². The molecule has 1 aromatic rings. The summed E-state index contributed by atoms with van der Waals surface area (Å²) in [6.07, 6.45) is 0.387. The van der Waals surface area contributed by atoms with Crippen molar-refractivity contribution in [2.24, 2.45) is 5.16 Å². The van der Waals surface area contributed by atoms with Crippen LogP contribution >= 0.6 is 0 Å². The van der Waals surface area contributed by atoms with E-state index in [4.69, 9.17) is 14.7 Å². The van der Waals surface area contributed by atoms with Gasteiger partial charge in [0.1, 0.15) is 18.4 Å². The highest BCUT2D eigenvalue weighted by atomic mass is 16.6. The Hall–Kier alpha value is -2.08. The van der Waals surface area contributed by atoms with Crippen molar-refractivity contribution in [3.63, 3.8) is 0 Å². The molecule has 0 aromatic heterocycles. The van der Waals surface area contributed by atoms with E-state index >= 15 is 0 Å². The number of ether oxygens (including phenoxy) is 1. The van der Waals surface area contributed by atoms with Gasteiger partial charge in [-0.25, -0.2) is 0 Å². The number of rotatable bonds is 5. The minimum absolute atomic E-state index is 0.352. The van der Waals surface area contributed by atoms with Gasteiger partial charge in [0.2, 0.25) is 0 Å². The monoisotopic (exact) mass is 264 g/mol. The molecule has 102 valence electrons. The van der Waals surface area contributed by atoms with E-state index in [1.165, 1.54) is 0 Å². The van der Waals surface area contributed by atoms with Gasteiger partial charge in [0, 0.05) is 13.0 Å². The van der Waals surface area contributed by atoms with Gasteiger partial charge in [-0.1, -0.05) is 17.3 Å². The summed E-state index contributed by atoms with van der Waals surface area (Å²) in [6.45, 7) is 0.810. The van der Waals surface area contributed by atoms with Gasteiger partial charge in [-0.3, -0.25) is 10.1 Å². The molecule has 1 heterocycles. The Labute approximate surface area is 111 Å². The average molecular weight is 264 g/mol. The van der Waals surface area contributed by atoms with Crippen LogP contribution < -0.4 is 10.1 Å². The van der Waals surface area contributed by atoms with Gasteiger partial charge in [0.05, 0.1) is 12.8 Å². The van der Waals surface area contributed by atoms with Crippen LogP contribution in [0.1, 0.15) is 12.0 Å². The van der Waals surface area contributed by atoms with E-state index in [2.05, 4.69) is 10.5 Å². The fourth-order valence-electron chi connectivity index (χ4n) is 1.78. The van der Waals surface area contributed by atoms with Crippen molar-refractivity contribution in [3.05, 3.63) is 29.8 Å². The molecule has 2 rings (SSSR count). The molecule has 6 nitrogen and oxygen atoms in total. The maximum Gasteiger partial charge on any atom is 0.321 e. The van der Waals surface area contributed by atoms with E-state index in [-0.39, 0.29) is 0 Å². The molecule has 1 atom stereocenters. The molecule has 0 spiro atoms. The first-order valence-corrected chi connectivity index (χ1v) is 5.96. The fourth-order valence-corrected chi connectivity index (χ4v) is 1.78. The van der Waals surface area contributed by atoms with Crippen LogP contribution in [-0.4, -0.2) is 36.5 Å². The van der Waals surface area contributed by atoms with E-state index < -0.39 is 12.0 Å². The highest BCUT2D eigenvalue weighted by Crippen LogP contribution is 2.12. The third kappa shape index (κ3) is 3.69. The molecule has 0 saturated carbocycles. The van der Waals surface area contributed by atoms with Crippen LogP contribution in [-0.2, 0) is 16.2 Å². The number of nitrogens with one attached hydrogen (secondary N) is 1. The van der Waals surface area contributed by atoms with E-state index in [1.807, 2.05) is 24.3 Å². The smallest absolute Gasteiger partial charge is 0.321 e. The second kappa shape index (κ2) is 6.19. The van der Waals surface area contributed by atoms with Gasteiger partial charge in [0.15, 0.2) is 0 Å². The molecule has 0 amide bonds.